The highest BCUT2D eigenvalue weighted by Gasteiger charge is 2.01. The second kappa shape index (κ2) is 6.89. The fraction of sp³-hybridized carbons (Fsp3) is 0.875. The highest BCUT2D eigenvalue weighted by Crippen LogP contribution is 2.11. The summed E-state index contributed by atoms with van der Waals surface area (Å²) in [4.78, 5) is 0. The maximum Gasteiger partial charge on any atom is 0.0637 e. The van der Waals surface area contributed by atoms with Gasteiger partial charge in [-0.05, 0) is 6.42 Å². The Balaban J connectivity index is 3.06. The summed E-state index contributed by atoms with van der Waals surface area (Å²) in [6.07, 6.45) is 5.09. The number of rotatable bonds is 5. The Morgan fingerprint density at radius 1 is 1.50 bits per heavy atom. The Labute approximate surface area is 68.0 Å². The van der Waals surface area contributed by atoms with Gasteiger partial charge in [0.25, 0.3) is 0 Å². The molecule has 0 aliphatic carbocycles. The minimum absolute atomic E-state index is 0.0801. The molecule has 2 heteroatoms. The van der Waals surface area contributed by atoms with Crippen LogP contribution in [0.25, 0.3) is 0 Å². The monoisotopic (exact) mass is 159 g/mol. The summed E-state index contributed by atoms with van der Waals surface area (Å²) in [6.45, 7) is 2.16. The third kappa shape index (κ3) is 5.91. The van der Waals surface area contributed by atoms with Gasteiger partial charge in [0.15, 0.2) is 0 Å². The maximum atomic E-state index is 8.26. The Morgan fingerprint density at radius 2 is 2.20 bits per heavy atom. The molecule has 0 aromatic heterocycles. The Morgan fingerprint density at radius 3 is 2.70 bits per heavy atom. The lowest BCUT2D eigenvalue weighted by atomic mass is 10.1. The second-order valence-corrected chi connectivity index (χ2v) is 3.07. The fourth-order valence-corrected chi connectivity index (χ4v) is 1.04. The molecule has 1 atom stereocenters. The number of hydrogen-bond acceptors (Lipinski definition) is 1. The van der Waals surface area contributed by atoms with Gasteiger partial charge in [0.1, 0.15) is 0 Å². The van der Waals surface area contributed by atoms with Crippen molar-refractivity contribution in [2.75, 3.05) is 0 Å². The molecule has 10 heavy (non-hydrogen) atoms. The first-order valence-electron chi connectivity index (χ1n) is 3.82. The lowest BCUT2D eigenvalue weighted by molar-refractivity contribution is 0.645. The van der Waals surface area contributed by atoms with Gasteiger partial charge >= 0.3 is 0 Å². The molecule has 0 rings (SSSR count). The average molecular weight is 160 g/mol. The van der Waals surface area contributed by atoms with Gasteiger partial charge in [-0.15, -0.1) is 11.6 Å². The smallest absolute Gasteiger partial charge is 0.0637 e. The molecule has 0 heterocycles. The topological polar surface area (TPSA) is 23.8 Å². The summed E-state index contributed by atoms with van der Waals surface area (Å²) in [5, 5.41) is 8.34. The van der Waals surface area contributed by atoms with E-state index in [9.17, 15) is 0 Å². The highest BCUT2D eigenvalue weighted by molar-refractivity contribution is 6.20. The third-order valence-electron chi connectivity index (χ3n) is 1.43. The van der Waals surface area contributed by atoms with Crippen LogP contribution in [0.15, 0.2) is 0 Å². The number of halogens is 1. The Bertz CT molecular complexity index is 106. The molecule has 58 valence electrons. The van der Waals surface area contributed by atoms with Gasteiger partial charge in [0.05, 0.1) is 12.5 Å². The number of hydrogen-bond donors (Lipinski definition) is 0. The van der Waals surface area contributed by atoms with Crippen LogP contribution < -0.4 is 0 Å². The van der Waals surface area contributed by atoms with Crippen molar-refractivity contribution in [1.29, 1.82) is 5.26 Å². The van der Waals surface area contributed by atoms with Crippen molar-refractivity contribution in [3.63, 3.8) is 0 Å². The first-order chi connectivity index (χ1) is 4.81. The van der Waals surface area contributed by atoms with Gasteiger partial charge in [-0.2, -0.15) is 5.26 Å². The van der Waals surface area contributed by atoms with Crippen LogP contribution in [0.3, 0.4) is 0 Å². The summed E-state index contributed by atoms with van der Waals surface area (Å²) in [6, 6.07) is 2.06. The van der Waals surface area contributed by atoms with E-state index < -0.39 is 0 Å². The van der Waals surface area contributed by atoms with E-state index in [2.05, 4.69) is 13.0 Å². The van der Waals surface area contributed by atoms with E-state index in [1.54, 1.807) is 0 Å². The van der Waals surface area contributed by atoms with Crippen LogP contribution in [0.1, 0.15) is 39.0 Å². The van der Waals surface area contributed by atoms with Gasteiger partial charge in [0.2, 0.25) is 0 Å². The number of nitriles is 1. The Kier molecular flexibility index (Phi) is 6.74. The lowest BCUT2D eigenvalue weighted by Crippen LogP contribution is -1.95. The summed E-state index contributed by atoms with van der Waals surface area (Å²) < 4.78 is 0. The predicted octanol–water partition coefficient (Wildman–Crippen LogP) is 3.09. The van der Waals surface area contributed by atoms with Crippen molar-refractivity contribution in [2.45, 2.75) is 44.4 Å². The van der Waals surface area contributed by atoms with Crippen molar-refractivity contribution in [3.8, 4) is 6.07 Å². The number of nitrogens with zero attached hydrogens (tertiary/aromatic N) is 1. The average Bonchev–Trinajstić information content (AvgIpc) is 1.89. The fourth-order valence-electron chi connectivity index (χ4n) is 0.817. The molecule has 0 spiro atoms. The Hall–Kier alpha value is -0.220. The van der Waals surface area contributed by atoms with Crippen LogP contribution in [0.2, 0.25) is 0 Å². The van der Waals surface area contributed by atoms with Crippen LogP contribution in [0.5, 0.6) is 0 Å². The summed E-state index contributed by atoms with van der Waals surface area (Å²) in [7, 11) is 0. The second-order valence-electron chi connectivity index (χ2n) is 2.46. The van der Waals surface area contributed by atoms with Crippen molar-refractivity contribution in [1.82, 2.24) is 0 Å². The molecule has 1 nitrogen and oxygen atoms in total. The van der Waals surface area contributed by atoms with Crippen LogP contribution in [0, 0.1) is 11.3 Å². The van der Waals surface area contributed by atoms with E-state index in [0.717, 1.165) is 12.8 Å². The summed E-state index contributed by atoms with van der Waals surface area (Å²) >= 11 is 5.79. The van der Waals surface area contributed by atoms with Crippen molar-refractivity contribution >= 4 is 11.6 Å². The minimum atomic E-state index is 0.0801. The quantitative estimate of drug-likeness (QED) is 0.447. The standard InChI is InChI=1S/C8H14ClN/c1-2-3-4-5-8(9)6-7-10/h8H,2-6H2,1H3. The van der Waals surface area contributed by atoms with Crippen LogP contribution >= 0.6 is 11.6 Å². The molecule has 0 saturated carbocycles. The number of alkyl halides is 1. The molecule has 0 aromatic rings. The normalized spacial score (nSPS) is 12.5. The van der Waals surface area contributed by atoms with E-state index in [4.69, 9.17) is 16.9 Å². The zero-order valence-corrected chi connectivity index (χ0v) is 7.19. The van der Waals surface area contributed by atoms with E-state index >= 15 is 0 Å². The lowest BCUT2D eigenvalue weighted by Gasteiger charge is -2.01. The molecule has 0 N–H and O–H groups in total. The molecule has 1 unspecified atom stereocenters. The molecule has 0 aliphatic heterocycles. The summed E-state index contributed by atoms with van der Waals surface area (Å²) in [5.41, 5.74) is 0. The van der Waals surface area contributed by atoms with E-state index in [-0.39, 0.29) is 5.38 Å². The van der Waals surface area contributed by atoms with Gasteiger partial charge in [0, 0.05) is 5.38 Å². The van der Waals surface area contributed by atoms with Crippen molar-refractivity contribution < 1.29 is 0 Å². The molecule has 0 aliphatic rings. The van der Waals surface area contributed by atoms with Gasteiger partial charge < -0.3 is 0 Å². The molecule has 0 bridgehead atoms. The minimum Gasteiger partial charge on any atom is -0.198 e. The van der Waals surface area contributed by atoms with Crippen molar-refractivity contribution in [3.05, 3.63) is 0 Å². The zero-order chi connectivity index (χ0) is 7.82. The molecule has 0 saturated heterocycles. The predicted molar refractivity (Wildman–Crippen MR) is 44.0 cm³/mol. The number of unbranched alkanes of at least 4 members (excludes halogenated alkanes) is 2. The van der Waals surface area contributed by atoms with Gasteiger partial charge in [-0.3, -0.25) is 0 Å². The van der Waals surface area contributed by atoms with Gasteiger partial charge in [-0.1, -0.05) is 26.2 Å². The van der Waals surface area contributed by atoms with E-state index in [0.29, 0.717) is 6.42 Å². The molecular weight excluding hydrogens is 146 g/mol. The maximum absolute atomic E-state index is 8.26. The largest absolute Gasteiger partial charge is 0.198 e. The first-order valence-corrected chi connectivity index (χ1v) is 4.26. The van der Waals surface area contributed by atoms with E-state index in [1.807, 2.05) is 0 Å². The summed E-state index contributed by atoms with van der Waals surface area (Å²) in [5.74, 6) is 0. The van der Waals surface area contributed by atoms with Crippen LogP contribution in [-0.4, -0.2) is 5.38 Å². The van der Waals surface area contributed by atoms with Crippen molar-refractivity contribution in [2.24, 2.45) is 0 Å². The first kappa shape index (κ1) is 9.78. The van der Waals surface area contributed by atoms with E-state index in [1.165, 1.54) is 12.8 Å². The highest BCUT2D eigenvalue weighted by atomic mass is 35.5. The molecular formula is C8H14ClN. The van der Waals surface area contributed by atoms with Gasteiger partial charge in [-0.25, -0.2) is 0 Å². The van der Waals surface area contributed by atoms with Crippen LogP contribution in [-0.2, 0) is 0 Å². The molecule has 0 radical (unpaired) electrons. The SMILES string of the molecule is CCCCCC(Cl)CC#N. The van der Waals surface area contributed by atoms with Crippen LogP contribution in [0.4, 0.5) is 0 Å². The third-order valence-corrected chi connectivity index (χ3v) is 1.81. The molecule has 0 amide bonds. The molecule has 0 aromatic carbocycles. The molecule has 0 fully saturated rings. The zero-order valence-electron chi connectivity index (χ0n) is 6.44.